The fraction of sp³-hybridized carbons (Fsp3) is 0.286. The van der Waals surface area contributed by atoms with Gasteiger partial charge < -0.3 is 5.32 Å². The lowest BCUT2D eigenvalue weighted by molar-refractivity contribution is 0.830. The molecular weight excluding hydrogens is 290 g/mol. The van der Waals surface area contributed by atoms with Gasteiger partial charge in [-0.2, -0.15) is 0 Å². The van der Waals surface area contributed by atoms with Gasteiger partial charge in [0.1, 0.15) is 12.1 Å². The fourth-order valence-corrected chi connectivity index (χ4v) is 1.96. The van der Waals surface area contributed by atoms with Gasteiger partial charge in [-0.25, -0.2) is 9.97 Å². The van der Waals surface area contributed by atoms with Crippen LogP contribution >= 0.6 is 15.9 Å². The molecule has 1 N–H and O–H groups in total. The van der Waals surface area contributed by atoms with Crippen molar-refractivity contribution in [2.45, 2.75) is 19.8 Å². The van der Waals surface area contributed by atoms with Crippen LogP contribution in [0, 0.1) is 0 Å². The molecule has 3 nitrogen and oxygen atoms in total. The van der Waals surface area contributed by atoms with Gasteiger partial charge in [-0.3, -0.25) is 0 Å². The highest BCUT2D eigenvalue weighted by Crippen LogP contribution is 2.26. The Morgan fingerprint density at radius 2 is 2.00 bits per heavy atom. The van der Waals surface area contributed by atoms with Crippen molar-refractivity contribution in [1.82, 2.24) is 9.97 Å². The van der Waals surface area contributed by atoms with E-state index in [2.05, 4.69) is 50.3 Å². The first-order chi connectivity index (χ1) is 8.81. The van der Waals surface area contributed by atoms with Crippen molar-refractivity contribution in [3.63, 3.8) is 0 Å². The summed E-state index contributed by atoms with van der Waals surface area (Å²) in [5.74, 6) is 0.903. The first kappa shape index (κ1) is 13.0. The van der Waals surface area contributed by atoms with Crippen molar-refractivity contribution in [1.29, 1.82) is 0 Å². The average molecular weight is 306 g/mol. The number of hydrogen-bond acceptors (Lipinski definition) is 3. The van der Waals surface area contributed by atoms with Crippen LogP contribution in [0.1, 0.15) is 19.8 Å². The molecule has 0 fully saturated rings. The maximum Gasteiger partial charge on any atom is 0.137 e. The van der Waals surface area contributed by atoms with E-state index in [0.29, 0.717) is 0 Å². The molecule has 0 aliphatic carbocycles. The molecule has 0 atom stereocenters. The SMILES string of the molecule is CCCCNc1ncncc1-c1ccc(Br)cc1. The molecule has 4 heteroatoms. The van der Waals surface area contributed by atoms with Gasteiger partial charge in [-0.05, 0) is 24.1 Å². The van der Waals surface area contributed by atoms with Crippen LogP contribution in [0.25, 0.3) is 11.1 Å². The number of hydrogen-bond donors (Lipinski definition) is 1. The molecule has 0 saturated carbocycles. The molecule has 18 heavy (non-hydrogen) atoms. The summed E-state index contributed by atoms with van der Waals surface area (Å²) in [5, 5.41) is 3.36. The number of unbranched alkanes of at least 4 members (excludes halogenated alkanes) is 1. The number of aromatic nitrogens is 2. The van der Waals surface area contributed by atoms with Crippen LogP contribution < -0.4 is 5.32 Å². The molecule has 1 aromatic heterocycles. The molecule has 1 aromatic carbocycles. The van der Waals surface area contributed by atoms with Crippen molar-refractivity contribution in [2.24, 2.45) is 0 Å². The molecule has 0 aliphatic heterocycles. The molecule has 0 unspecified atom stereocenters. The van der Waals surface area contributed by atoms with E-state index in [9.17, 15) is 0 Å². The van der Waals surface area contributed by atoms with E-state index in [-0.39, 0.29) is 0 Å². The highest BCUT2D eigenvalue weighted by Gasteiger charge is 2.05. The van der Waals surface area contributed by atoms with Crippen LogP contribution in [0.5, 0.6) is 0 Å². The molecule has 2 aromatic rings. The van der Waals surface area contributed by atoms with E-state index in [4.69, 9.17) is 0 Å². The maximum absolute atomic E-state index is 4.32. The fourth-order valence-electron chi connectivity index (χ4n) is 1.69. The number of anilines is 1. The predicted molar refractivity (Wildman–Crippen MR) is 78.6 cm³/mol. The monoisotopic (exact) mass is 305 g/mol. The van der Waals surface area contributed by atoms with Crippen LogP contribution in [-0.2, 0) is 0 Å². The maximum atomic E-state index is 4.32. The summed E-state index contributed by atoms with van der Waals surface area (Å²) in [4.78, 5) is 8.42. The van der Waals surface area contributed by atoms with Gasteiger partial charge in [-0.15, -0.1) is 0 Å². The molecular formula is C14H16BrN3. The second-order valence-electron chi connectivity index (χ2n) is 4.07. The zero-order valence-corrected chi connectivity index (χ0v) is 11.9. The Labute approximate surface area is 116 Å². The number of halogens is 1. The van der Waals surface area contributed by atoms with Crippen LogP contribution in [0.3, 0.4) is 0 Å². The second kappa shape index (κ2) is 6.50. The van der Waals surface area contributed by atoms with Gasteiger partial charge in [0.15, 0.2) is 0 Å². The summed E-state index contributed by atoms with van der Waals surface area (Å²) in [7, 11) is 0. The Bertz CT molecular complexity index is 497. The standard InChI is InChI=1S/C14H16BrN3/c1-2-3-8-17-14-13(9-16-10-18-14)11-4-6-12(15)7-5-11/h4-7,9-10H,2-3,8H2,1H3,(H,16,17,18). The van der Waals surface area contributed by atoms with Crippen molar-refractivity contribution in [3.8, 4) is 11.1 Å². The third-order valence-electron chi connectivity index (χ3n) is 2.69. The zero-order chi connectivity index (χ0) is 12.8. The summed E-state index contributed by atoms with van der Waals surface area (Å²) >= 11 is 3.44. The largest absolute Gasteiger partial charge is 0.369 e. The molecule has 0 spiro atoms. The Morgan fingerprint density at radius 3 is 2.72 bits per heavy atom. The highest BCUT2D eigenvalue weighted by atomic mass is 79.9. The normalized spacial score (nSPS) is 10.3. The molecule has 0 radical (unpaired) electrons. The number of nitrogens with zero attached hydrogens (tertiary/aromatic N) is 2. The molecule has 1 heterocycles. The summed E-state index contributed by atoms with van der Waals surface area (Å²) in [6, 6.07) is 8.18. The van der Waals surface area contributed by atoms with Crippen molar-refractivity contribution < 1.29 is 0 Å². The van der Waals surface area contributed by atoms with Crippen LogP contribution in [0.4, 0.5) is 5.82 Å². The minimum atomic E-state index is 0.903. The van der Waals surface area contributed by atoms with Crippen LogP contribution in [-0.4, -0.2) is 16.5 Å². The minimum Gasteiger partial charge on any atom is -0.369 e. The smallest absolute Gasteiger partial charge is 0.137 e. The van der Waals surface area contributed by atoms with E-state index in [1.807, 2.05) is 18.3 Å². The Kier molecular flexibility index (Phi) is 4.70. The summed E-state index contributed by atoms with van der Waals surface area (Å²) in [6.45, 7) is 3.12. The molecule has 2 rings (SSSR count). The van der Waals surface area contributed by atoms with Gasteiger partial charge in [0.05, 0.1) is 0 Å². The second-order valence-corrected chi connectivity index (χ2v) is 4.99. The first-order valence-corrected chi connectivity index (χ1v) is 6.90. The molecule has 94 valence electrons. The third-order valence-corrected chi connectivity index (χ3v) is 3.22. The van der Waals surface area contributed by atoms with Crippen LogP contribution in [0.2, 0.25) is 0 Å². The lowest BCUT2D eigenvalue weighted by Gasteiger charge is -2.10. The number of rotatable bonds is 5. The van der Waals surface area contributed by atoms with Gasteiger partial charge in [0.2, 0.25) is 0 Å². The van der Waals surface area contributed by atoms with E-state index in [1.165, 1.54) is 6.42 Å². The minimum absolute atomic E-state index is 0.903. The van der Waals surface area contributed by atoms with Crippen molar-refractivity contribution in [3.05, 3.63) is 41.3 Å². The Balaban J connectivity index is 2.23. The van der Waals surface area contributed by atoms with Crippen molar-refractivity contribution in [2.75, 3.05) is 11.9 Å². The number of benzene rings is 1. The van der Waals surface area contributed by atoms with Gasteiger partial charge in [-0.1, -0.05) is 41.4 Å². The zero-order valence-electron chi connectivity index (χ0n) is 10.4. The van der Waals surface area contributed by atoms with E-state index < -0.39 is 0 Å². The predicted octanol–water partition coefficient (Wildman–Crippen LogP) is 4.12. The number of nitrogens with one attached hydrogen (secondary N) is 1. The Morgan fingerprint density at radius 1 is 1.22 bits per heavy atom. The topological polar surface area (TPSA) is 37.8 Å². The quantitative estimate of drug-likeness (QED) is 0.844. The Hall–Kier alpha value is -1.42. The molecule has 0 bridgehead atoms. The van der Waals surface area contributed by atoms with E-state index in [0.717, 1.165) is 34.4 Å². The molecule has 0 saturated heterocycles. The van der Waals surface area contributed by atoms with Gasteiger partial charge in [0, 0.05) is 22.8 Å². The highest BCUT2D eigenvalue weighted by molar-refractivity contribution is 9.10. The van der Waals surface area contributed by atoms with E-state index in [1.54, 1.807) is 6.33 Å². The summed E-state index contributed by atoms with van der Waals surface area (Å²) < 4.78 is 1.07. The van der Waals surface area contributed by atoms with Gasteiger partial charge in [0.25, 0.3) is 0 Å². The molecule has 0 amide bonds. The lowest BCUT2D eigenvalue weighted by Crippen LogP contribution is -2.04. The lowest BCUT2D eigenvalue weighted by atomic mass is 10.1. The summed E-state index contributed by atoms with van der Waals surface area (Å²) in [5.41, 5.74) is 2.17. The van der Waals surface area contributed by atoms with Crippen LogP contribution in [0.15, 0.2) is 41.3 Å². The summed E-state index contributed by atoms with van der Waals surface area (Å²) in [6.07, 6.45) is 5.75. The molecule has 0 aliphatic rings. The van der Waals surface area contributed by atoms with Crippen molar-refractivity contribution >= 4 is 21.7 Å². The van der Waals surface area contributed by atoms with Gasteiger partial charge >= 0.3 is 0 Å². The first-order valence-electron chi connectivity index (χ1n) is 6.11. The third kappa shape index (κ3) is 3.29. The van der Waals surface area contributed by atoms with E-state index >= 15 is 0 Å². The average Bonchev–Trinajstić information content (AvgIpc) is 2.41.